The van der Waals surface area contributed by atoms with E-state index in [2.05, 4.69) is 0 Å². The van der Waals surface area contributed by atoms with Crippen molar-refractivity contribution < 1.29 is 30.0 Å². The van der Waals surface area contributed by atoms with Crippen molar-refractivity contribution in [1.29, 1.82) is 0 Å². The van der Waals surface area contributed by atoms with Gasteiger partial charge in [0, 0.05) is 4.90 Å². The molecule has 0 N–H and O–H groups in total. The minimum atomic E-state index is -6.13. The summed E-state index contributed by atoms with van der Waals surface area (Å²) in [5, 5.41) is 0. The molecule has 0 amide bonds. The third-order valence-electron chi connectivity index (χ3n) is 2.75. The second kappa shape index (κ2) is 5.95. The lowest BCUT2D eigenvalue weighted by Gasteiger charge is -2.22. The standard InChI is InChI=1S/C13H9F3NO4S2/c14-13(15,16)23(20,21)17-22(18,19)12-8-6-11(7-9-12)10-4-2-1-3-5-10/h1-9H/q-1. The summed E-state index contributed by atoms with van der Waals surface area (Å²) in [6, 6.07) is 13.5. The molecule has 0 saturated heterocycles. The van der Waals surface area contributed by atoms with Crippen molar-refractivity contribution in [2.75, 3.05) is 0 Å². The summed E-state index contributed by atoms with van der Waals surface area (Å²) in [4.78, 5) is -0.648. The Labute approximate surface area is 130 Å². The van der Waals surface area contributed by atoms with Crippen LogP contribution in [0.15, 0.2) is 59.5 Å². The lowest BCUT2D eigenvalue weighted by molar-refractivity contribution is -0.0425. The molecule has 0 aromatic heterocycles. The molecule has 5 nitrogen and oxygen atoms in total. The summed E-state index contributed by atoms with van der Waals surface area (Å²) >= 11 is 0. The minimum Gasteiger partial charge on any atom is -0.424 e. The van der Waals surface area contributed by atoms with Gasteiger partial charge in [0.15, 0.2) is 10.0 Å². The fraction of sp³-hybridized carbons (Fsp3) is 0.0769. The van der Waals surface area contributed by atoms with Gasteiger partial charge in [-0.1, -0.05) is 42.5 Å². The summed E-state index contributed by atoms with van der Waals surface area (Å²) in [6.07, 6.45) is 0. The van der Waals surface area contributed by atoms with Gasteiger partial charge in [0.2, 0.25) is 0 Å². The van der Waals surface area contributed by atoms with E-state index < -0.39 is 30.5 Å². The molecule has 0 aliphatic carbocycles. The van der Waals surface area contributed by atoms with Crippen molar-refractivity contribution in [2.24, 2.45) is 0 Å². The van der Waals surface area contributed by atoms with Crippen LogP contribution in [-0.2, 0) is 20.0 Å². The van der Waals surface area contributed by atoms with Crippen molar-refractivity contribution in [1.82, 2.24) is 0 Å². The van der Waals surface area contributed by atoms with Crippen LogP contribution in [0.1, 0.15) is 0 Å². The van der Waals surface area contributed by atoms with Gasteiger partial charge < -0.3 is 4.13 Å². The number of hydrogen-bond donors (Lipinski definition) is 0. The quantitative estimate of drug-likeness (QED) is 0.834. The zero-order valence-electron chi connectivity index (χ0n) is 11.2. The van der Waals surface area contributed by atoms with E-state index >= 15 is 0 Å². The fourth-order valence-electron chi connectivity index (χ4n) is 1.66. The highest BCUT2D eigenvalue weighted by molar-refractivity contribution is 8.12. The average Bonchev–Trinajstić information content (AvgIpc) is 2.46. The van der Waals surface area contributed by atoms with Crippen LogP contribution < -0.4 is 0 Å². The second-order valence-electron chi connectivity index (χ2n) is 4.36. The number of benzene rings is 2. The van der Waals surface area contributed by atoms with E-state index in [1.165, 1.54) is 12.1 Å². The Morgan fingerprint density at radius 2 is 1.22 bits per heavy atom. The molecular formula is C13H9F3NO4S2-. The van der Waals surface area contributed by atoms with Gasteiger partial charge in [0.1, 0.15) is 10.0 Å². The van der Waals surface area contributed by atoms with Gasteiger partial charge in [0.25, 0.3) is 0 Å². The molecule has 0 aliphatic heterocycles. The Balaban J connectivity index is 2.32. The maximum atomic E-state index is 12.2. The van der Waals surface area contributed by atoms with Crippen LogP contribution in [0.4, 0.5) is 13.2 Å². The van der Waals surface area contributed by atoms with Crippen molar-refractivity contribution in [3.63, 3.8) is 0 Å². The van der Waals surface area contributed by atoms with Crippen LogP contribution in [0.25, 0.3) is 15.3 Å². The molecule has 124 valence electrons. The number of nitrogens with zero attached hydrogens (tertiary/aromatic N) is 1. The number of halogens is 3. The molecule has 0 spiro atoms. The molecule has 0 atom stereocenters. The lowest BCUT2D eigenvalue weighted by atomic mass is 10.1. The Bertz CT molecular complexity index is 890. The fourth-order valence-corrected chi connectivity index (χ4v) is 3.86. The molecule has 0 bridgehead atoms. The van der Waals surface area contributed by atoms with E-state index in [0.717, 1.165) is 17.7 Å². The van der Waals surface area contributed by atoms with E-state index in [0.29, 0.717) is 5.56 Å². The van der Waals surface area contributed by atoms with E-state index in [4.69, 9.17) is 0 Å². The Kier molecular flexibility index (Phi) is 4.51. The predicted octanol–water partition coefficient (Wildman–Crippen LogP) is 3.27. The zero-order valence-corrected chi connectivity index (χ0v) is 12.9. The van der Waals surface area contributed by atoms with Crippen molar-refractivity contribution in [2.45, 2.75) is 10.4 Å². The van der Waals surface area contributed by atoms with Crippen LogP contribution in [-0.4, -0.2) is 22.3 Å². The maximum Gasteiger partial charge on any atom is 0.480 e. The molecular weight excluding hydrogens is 355 g/mol. The first-order valence-electron chi connectivity index (χ1n) is 5.99. The third kappa shape index (κ3) is 3.89. The van der Waals surface area contributed by atoms with Gasteiger partial charge in [-0.25, -0.2) is 16.8 Å². The maximum absolute atomic E-state index is 12.2. The molecule has 0 saturated carbocycles. The largest absolute Gasteiger partial charge is 0.480 e. The van der Waals surface area contributed by atoms with Crippen LogP contribution >= 0.6 is 0 Å². The highest BCUT2D eigenvalue weighted by Gasteiger charge is 2.40. The first-order chi connectivity index (χ1) is 10.5. The molecule has 2 rings (SSSR count). The number of rotatable bonds is 4. The van der Waals surface area contributed by atoms with Gasteiger partial charge in [-0.05, 0) is 23.3 Å². The first kappa shape index (κ1) is 17.4. The highest BCUT2D eigenvalue weighted by atomic mass is 32.3. The molecule has 0 unspecified atom stereocenters. The van der Waals surface area contributed by atoms with Crippen molar-refractivity contribution in [3.05, 3.63) is 58.7 Å². The number of hydrogen-bond acceptors (Lipinski definition) is 4. The predicted molar refractivity (Wildman–Crippen MR) is 77.4 cm³/mol. The lowest BCUT2D eigenvalue weighted by Crippen LogP contribution is -2.24. The van der Waals surface area contributed by atoms with Crippen LogP contribution in [0.5, 0.6) is 0 Å². The molecule has 23 heavy (non-hydrogen) atoms. The van der Waals surface area contributed by atoms with E-state index in [-0.39, 0.29) is 0 Å². The molecule has 0 aliphatic rings. The van der Waals surface area contributed by atoms with Crippen molar-refractivity contribution >= 4 is 20.0 Å². The van der Waals surface area contributed by atoms with Gasteiger partial charge in [-0.3, -0.25) is 0 Å². The van der Waals surface area contributed by atoms with Gasteiger partial charge in [-0.15, -0.1) is 0 Å². The van der Waals surface area contributed by atoms with Crippen molar-refractivity contribution in [3.8, 4) is 11.1 Å². The summed E-state index contributed by atoms with van der Waals surface area (Å²) in [6.45, 7) is 0. The van der Waals surface area contributed by atoms with E-state index in [1.54, 1.807) is 30.3 Å². The normalized spacial score (nSPS) is 13.0. The van der Waals surface area contributed by atoms with Crippen LogP contribution in [0.2, 0.25) is 0 Å². The Morgan fingerprint density at radius 3 is 1.70 bits per heavy atom. The molecule has 0 radical (unpaired) electrons. The number of sulfonamides is 2. The number of alkyl halides is 3. The summed E-state index contributed by atoms with van der Waals surface area (Å²) in [5.74, 6) is 0. The van der Waals surface area contributed by atoms with Gasteiger partial charge in [0.05, 0.1) is 0 Å². The summed E-state index contributed by atoms with van der Waals surface area (Å²) < 4.78 is 83.8. The van der Waals surface area contributed by atoms with E-state index in [9.17, 15) is 30.0 Å². The molecule has 10 heteroatoms. The molecule has 2 aromatic rings. The first-order valence-corrected chi connectivity index (χ1v) is 8.87. The monoisotopic (exact) mass is 364 g/mol. The molecule has 0 heterocycles. The van der Waals surface area contributed by atoms with Crippen LogP contribution in [0, 0.1) is 0 Å². The Morgan fingerprint density at radius 1 is 0.739 bits per heavy atom. The van der Waals surface area contributed by atoms with E-state index in [1.807, 2.05) is 4.13 Å². The third-order valence-corrected chi connectivity index (χ3v) is 5.77. The second-order valence-corrected chi connectivity index (χ2v) is 7.79. The smallest absolute Gasteiger partial charge is 0.424 e. The average molecular weight is 364 g/mol. The summed E-state index contributed by atoms with van der Waals surface area (Å²) in [7, 11) is -11.1. The SMILES string of the molecule is O=S(=O)([N-]S(=O)(=O)C(F)(F)F)c1ccc(-c2ccccc2)cc1. The topological polar surface area (TPSA) is 82.4 Å². The zero-order chi connectivity index (χ0) is 17.3. The summed E-state index contributed by atoms with van der Waals surface area (Å²) in [5.41, 5.74) is -4.40. The Hall–Kier alpha value is -1.91. The van der Waals surface area contributed by atoms with Crippen LogP contribution in [0.3, 0.4) is 0 Å². The molecule has 2 aromatic carbocycles. The minimum absolute atomic E-state index is 0.614. The van der Waals surface area contributed by atoms with Gasteiger partial charge in [-0.2, -0.15) is 13.2 Å². The molecule has 0 fully saturated rings. The van der Waals surface area contributed by atoms with Gasteiger partial charge >= 0.3 is 5.51 Å². The highest BCUT2D eigenvalue weighted by Crippen LogP contribution is 2.33.